The van der Waals surface area contributed by atoms with Crippen LogP contribution in [0.1, 0.15) is 26.2 Å². The Morgan fingerprint density at radius 3 is 2.78 bits per heavy atom. The topological polar surface area (TPSA) is 83.7 Å². The molecule has 2 aliphatic rings. The average Bonchev–Trinajstić information content (AvgIpc) is 2.72. The van der Waals surface area contributed by atoms with E-state index in [1.54, 1.807) is 0 Å². The van der Waals surface area contributed by atoms with E-state index in [0.717, 1.165) is 6.42 Å². The third-order valence-corrected chi connectivity index (χ3v) is 6.38. The third kappa shape index (κ3) is 2.26. The van der Waals surface area contributed by atoms with E-state index in [0.29, 0.717) is 32.5 Å². The van der Waals surface area contributed by atoms with Gasteiger partial charge in [0, 0.05) is 38.6 Å². The van der Waals surface area contributed by atoms with Crippen LogP contribution >= 0.6 is 0 Å². The van der Waals surface area contributed by atoms with Crippen LogP contribution in [0, 0.1) is 0 Å². The molecule has 0 aliphatic carbocycles. The fourth-order valence-electron chi connectivity index (χ4n) is 2.78. The minimum Gasteiger partial charge on any atom is -0.337 e. The summed E-state index contributed by atoms with van der Waals surface area (Å²) in [7, 11) is -3.31. The van der Waals surface area contributed by atoms with Crippen LogP contribution in [-0.4, -0.2) is 61.0 Å². The lowest BCUT2D eigenvalue weighted by molar-refractivity contribution is -0.130. The van der Waals surface area contributed by atoms with Crippen molar-refractivity contribution < 1.29 is 13.2 Å². The number of carbonyl (C=O) groups excluding carboxylic acids is 1. The quantitative estimate of drug-likeness (QED) is 0.740. The summed E-state index contributed by atoms with van der Waals surface area (Å²) < 4.78 is 26.2. The molecule has 0 aromatic carbocycles. The van der Waals surface area contributed by atoms with Crippen molar-refractivity contribution in [3.63, 3.8) is 0 Å². The third-order valence-electron chi connectivity index (χ3n) is 3.96. The second-order valence-corrected chi connectivity index (χ2v) is 7.16. The Hall–Kier alpha value is -0.660. The number of hydrogen-bond donors (Lipinski definition) is 1. The number of nitrogens with zero attached hydrogens (tertiary/aromatic N) is 2. The van der Waals surface area contributed by atoms with Crippen molar-refractivity contribution in [1.82, 2.24) is 9.21 Å². The van der Waals surface area contributed by atoms with Crippen molar-refractivity contribution >= 4 is 15.9 Å². The Labute approximate surface area is 108 Å². The van der Waals surface area contributed by atoms with E-state index in [1.807, 2.05) is 11.8 Å². The Bertz CT molecular complexity index is 419. The van der Waals surface area contributed by atoms with Crippen molar-refractivity contribution in [2.45, 2.75) is 37.5 Å². The molecule has 0 aromatic rings. The molecule has 0 saturated carbocycles. The molecule has 2 saturated heterocycles. The zero-order valence-electron chi connectivity index (χ0n) is 10.7. The molecule has 2 unspecified atom stereocenters. The van der Waals surface area contributed by atoms with Gasteiger partial charge in [-0.15, -0.1) is 0 Å². The van der Waals surface area contributed by atoms with E-state index in [9.17, 15) is 13.2 Å². The van der Waals surface area contributed by atoms with Crippen LogP contribution in [0.3, 0.4) is 0 Å². The second-order valence-electron chi connectivity index (χ2n) is 4.95. The van der Waals surface area contributed by atoms with Gasteiger partial charge in [-0.05, 0) is 12.8 Å². The van der Waals surface area contributed by atoms with E-state index in [-0.39, 0.29) is 18.5 Å². The number of rotatable bonds is 4. The van der Waals surface area contributed by atoms with E-state index in [1.165, 1.54) is 4.31 Å². The average molecular weight is 275 g/mol. The first-order chi connectivity index (χ1) is 8.50. The first kappa shape index (κ1) is 13.8. The maximum atomic E-state index is 12.4. The smallest absolute Gasteiger partial charge is 0.222 e. The summed E-state index contributed by atoms with van der Waals surface area (Å²) in [4.78, 5) is 13.4. The molecule has 7 heteroatoms. The summed E-state index contributed by atoms with van der Waals surface area (Å²) in [6, 6.07) is 0.0660. The molecule has 2 N–H and O–H groups in total. The van der Waals surface area contributed by atoms with E-state index >= 15 is 0 Å². The van der Waals surface area contributed by atoms with Crippen LogP contribution in [-0.2, 0) is 14.8 Å². The highest BCUT2D eigenvalue weighted by atomic mass is 32.2. The maximum absolute atomic E-state index is 12.4. The van der Waals surface area contributed by atoms with Gasteiger partial charge in [0.25, 0.3) is 0 Å². The lowest BCUT2D eigenvalue weighted by atomic mass is 10.2. The SMILES string of the molecule is CCC(CN)S(=O)(=O)N1CCN2C(=O)CCC2C1. The van der Waals surface area contributed by atoms with Gasteiger partial charge in [0.2, 0.25) is 15.9 Å². The zero-order chi connectivity index (χ0) is 13.3. The van der Waals surface area contributed by atoms with Crippen LogP contribution in [0.2, 0.25) is 0 Å². The fourth-order valence-corrected chi connectivity index (χ4v) is 4.58. The highest BCUT2D eigenvalue weighted by Crippen LogP contribution is 2.25. The van der Waals surface area contributed by atoms with Crippen molar-refractivity contribution in [1.29, 1.82) is 0 Å². The number of nitrogens with two attached hydrogens (primary N) is 1. The number of carbonyl (C=O) groups is 1. The van der Waals surface area contributed by atoms with E-state index in [2.05, 4.69) is 0 Å². The van der Waals surface area contributed by atoms with Gasteiger partial charge in [-0.3, -0.25) is 4.79 Å². The Morgan fingerprint density at radius 1 is 1.44 bits per heavy atom. The number of piperazine rings is 1. The molecule has 0 bridgehead atoms. The molecule has 2 fully saturated rings. The summed E-state index contributed by atoms with van der Waals surface area (Å²) in [6.07, 6.45) is 1.85. The van der Waals surface area contributed by atoms with Gasteiger partial charge < -0.3 is 10.6 Å². The predicted molar refractivity (Wildman–Crippen MR) is 68.4 cm³/mol. The van der Waals surface area contributed by atoms with Gasteiger partial charge in [0.1, 0.15) is 0 Å². The van der Waals surface area contributed by atoms with Crippen LogP contribution in [0.15, 0.2) is 0 Å². The van der Waals surface area contributed by atoms with Gasteiger partial charge >= 0.3 is 0 Å². The van der Waals surface area contributed by atoms with Crippen molar-refractivity contribution in [2.24, 2.45) is 5.73 Å². The molecule has 0 radical (unpaired) electrons. The van der Waals surface area contributed by atoms with Gasteiger partial charge in [-0.1, -0.05) is 6.92 Å². The Kier molecular flexibility index (Phi) is 3.93. The molecule has 2 atom stereocenters. The number of amides is 1. The second kappa shape index (κ2) is 5.14. The van der Waals surface area contributed by atoms with Crippen LogP contribution in [0.4, 0.5) is 0 Å². The first-order valence-electron chi connectivity index (χ1n) is 6.49. The van der Waals surface area contributed by atoms with Crippen molar-refractivity contribution in [2.75, 3.05) is 26.2 Å². The monoisotopic (exact) mass is 275 g/mol. The molecule has 0 spiro atoms. The molecule has 2 aliphatic heterocycles. The molecule has 18 heavy (non-hydrogen) atoms. The lowest BCUT2D eigenvalue weighted by Gasteiger charge is -2.38. The van der Waals surface area contributed by atoms with Crippen molar-refractivity contribution in [3.8, 4) is 0 Å². The Balaban J connectivity index is 2.10. The normalized spacial score (nSPS) is 27.3. The zero-order valence-corrected chi connectivity index (χ0v) is 11.5. The van der Waals surface area contributed by atoms with Crippen LogP contribution in [0.5, 0.6) is 0 Å². The number of sulfonamides is 1. The number of hydrogen-bond acceptors (Lipinski definition) is 4. The van der Waals surface area contributed by atoms with Gasteiger partial charge in [0.05, 0.1) is 5.25 Å². The molecule has 2 rings (SSSR count). The van der Waals surface area contributed by atoms with Crippen molar-refractivity contribution in [3.05, 3.63) is 0 Å². The largest absolute Gasteiger partial charge is 0.337 e. The summed E-state index contributed by atoms with van der Waals surface area (Å²) in [5.74, 6) is 0.155. The Morgan fingerprint density at radius 2 is 2.17 bits per heavy atom. The van der Waals surface area contributed by atoms with Crippen LogP contribution < -0.4 is 5.73 Å². The minimum atomic E-state index is -3.31. The molecular formula is C11H21N3O3S. The lowest BCUT2D eigenvalue weighted by Crippen LogP contribution is -2.55. The van der Waals surface area contributed by atoms with Gasteiger partial charge in [0.15, 0.2) is 0 Å². The number of fused-ring (bicyclic) bond motifs is 1. The van der Waals surface area contributed by atoms with Gasteiger partial charge in [-0.2, -0.15) is 4.31 Å². The first-order valence-corrected chi connectivity index (χ1v) is 7.99. The molecule has 1 amide bonds. The molecular weight excluding hydrogens is 254 g/mol. The standard InChI is InChI=1S/C11H21N3O3S/c1-2-10(7-12)18(16,17)13-5-6-14-9(8-13)3-4-11(14)15/h9-10H,2-8,12H2,1H3. The van der Waals surface area contributed by atoms with Crippen LogP contribution in [0.25, 0.3) is 0 Å². The summed E-state index contributed by atoms with van der Waals surface area (Å²) in [5, 5.41) is -0.499. The highest BCUT2D eigenvalue weighted by Gasteiger charge is 2.40. The fraction of sp³-hybridized carbons (Fsp3) is 0.909. The van der Waals surface area contributed by atoms with E-state index in [4.69, 9.17) is 5.73 Å². The molecule has 2 heterocycles. The molecule has 6 nitrogen and oxygen atoms in total. The van der Waals surface area contributed by atoms with Gasteiger partial charge in [-0.25, -0.2) is 8.42 Å². The molecule has 0 aromatic heterocycles. The minimum absolute atomic E-state index is 0.0660. The summed E-state index contributed by atoms with van der Waals surface area (Å²) in [6.45, 7) is 3.35. The summed E-state index contributed by atoms with van der Waals surface area (Å²) >= 11 is 0. The maximum Gasteiger partial charge on any atom is 0.222 e. The highest BCUT2D eigenvalue weighted by molar-refractivity contribution is 7.89. The summed E-state index contributed by atoms with van der Waals surface area (Å²) in [5.41, 5.74) is 5.53. The van der Waals surface area contributed by atoms with E-state index < -0.39 is 15.3 Å². The predicted octanol–water partition coefficient (Wildman–Crippen LogP) is -0.640. The molecule has 104 valence electrons.